The van der Waals surface area contributed by atoms with Crippen LogP contribution in [0.15, 0.2) is 16.6 Å². The van der Waals surface area contributed by atoms with E-state index in [-0.39, 0.29) is 5.82 Å². The quantitative estimate of drug-likeness (QED) is 0.936. The van der Waals surface area contributed by atoms with Crippen molar-refractivity contribution in [2.24, 2.45) is 0 Å². The van der Waals surface area contributed by atoms with Gasteiger partial charge in [-0.15, -0.1) is 5.10 Å². The van der Waals surface area contributed by atoms with E-state index in [2.05, 4.69) is 36.8 Å². The lowest BCUT2D eigenvalue weighted by Crippen LogP contribution is -2.24. The van der Waals surface area contributed by atoms with E-state index in [1.165, 1.54) is 6.07 Å². The Labute approximate surface area is 119 Å². The van der Waals surface area contributed by atoms with Gasteiger partial charge >= 0.3 is 0 Å². The average Bonchev–Trinajstić information content (AvgIpc) is 2.79. The maximum Gasteiger partial charge on any atom is 0.170 e. The molecular formula is C12H15BrFN5. The molecule has 5 nitrogen and oxygen atoms in total. The summed E-state index contributed by atoms with van der Waals surface area (Å²) in [5.74, 6) is 0.317. The molecule has 0 bridgehead atoms. The molecular weight excluding hydrogens is 313 g/mol. The van der Waals surface area contributed by atoms with Crippen LogP contribution in [0.25, 0.3) is 5.69 Å². The Kier molecular flexibility index (Phi) is 4.26. The predicted molar refractivity (Wildman–Crippen MR) is 73.5 cm³/mol. The van der Waals surface area contributed by atoms with Gasteiger partial charge < -0.3 is 5.32 Å². The minimum absolute atomic E-state index is 0.327. The highest BCUT2D eigenvalue weighted by Gasteiger charge is 2.13. The first-order chi connectivity index (χ1) is 8.99. The number of nitrogens with one attached hydrogen (secondary N) is 1. The van der Waals surface area contributed by atoms with Crippen LogP contribution in [0.2, 0.25) is 0 Å². The van der Waals surface area contributed by atoms with Crippen LogP contribution in [0.4, 0.5) is 4.39 Å². The van der Waals surface area contributed by atoms with Crippen molar-refractivity contribution >= 4 is 15.9 Å². The van der Waals surface area contributed by atoms with Gasteiger partial charge in [-0.2, -0.15) is 4.68 Å². The maximum absolute atomic E-state index is 13.7. The fourth-order valence-corrected chi connectivity index (χ4v) is 2.12. The Balaban J connectivity index is 2.37. The summed E-state index contributed by atoms with van der Waals surface area (Å²) < 4.78 is 15.6. The minimum Gasteiger partial charge on any atom is -0.308 e. The third-order valence-electron chi connectivity index (χ3n) is 2.67. The zero-order valence-electron chi connectivity index (χ0n) is 11.0. The van der Waals surface area contributed by atoms with E-state index < -0.39 is 0 Å². The standard InChI is InChI=1S/C12H15BrFN5/c1-7(2)15-6-12-16-17-18-19(12)11-5-10(14)9(13)4-8(11)3/h4-5,7,15H,6H2,1-3H3. The van der Waals surface area contributed by atoms with E-state index in [1.807, 2.05) is 20.8 Å². The van der Waals surface area contributed by atoms with Crippen LogP contribution in [0, 0.1) is 12.7 Å². The molecule has 7 heteroatoms. The van der Waals surface area contributed by atoms with Crippen molar-refractivity contribution in [2.75, 3.05) is 0 Å². The van der Waals surface area contributed by atoms with Gasteiger partial charge in [0, 0.05) is 12.1 Å². The van der Waals surface area contributed by atoms with E-state index in [4.69, 9.17) is 0 Å². The third-order valence-corrected chi connectivity index (χ3v) is 3.28. The summed E-state index contributed by atoms with van der Waals surface area (Å²) in [5, 5.41) is 14.8. The van der Waals surface area contributed by atoms with Gasteiger partial charge in [0.25, 0.3) is 0 Å². The fourth-order valence-electron chi connectivity index (χ4n) is 1.66. The van der Waals surface area contributed by atoms with Crippen molar-refractivity contribution in [3.63, 3.8) is 0 Å². The highest BCUT2D eigenvalue weighted by molar-refractivity contribution is 9.10. The molecule has 0 fully saturated rings. The van der Waals surface area contributed by atoms with Gasteiger partial charge in [0.15, 0.2) is 5.82 Å². The van der Waals surface area contributed by atoms with Crippen LogP contribution in [0.1, 0.15) is 25.2 Å². The summed E-state index contributed by atoms with van der Waals surface area (Å²) in [4.78, 5) is 0. The van der Waals surface area contributed by atoms with Crippen molar-refractivity contribution in [2.45, 2.75) is 33.4 Å². The zero-order valence-corrected chi connectivity index (χ0v) is 12.6. The fraction of sp³-hybridized carbons (Fsp3) is 0.417. The van der Waals surface area contributed by atoms with Crippen LogP contribution in [0.3, 0.4) is 0 Å². The molecule has 2 rings (SSSR count). The normalized spacial score (nSPS) is 11.3. The molecule has 2 aromatic rings. The summed E-state index contributed by atoms with van der Waals surface area (Å²) >= 11 is 3.16. The third kappa shape index (κ3) is 3.16. The SMILES string of the molecule is Cc1cc(Br)c(F)cc1-n1nnnc1CNC(C)C. The number of benzene rings is 1. The molecule has 0 amide bonds. The molecule has 0 saturated heterocycles. The molecule has 0 aliphatic carbocycles. The second kappa shape index (κ2) is 5.75. The lowest BCUT2D eigenvalue weighted by atomic mass is 10.2. The van der Waals surface area contributed by atoms with Gasteiger partial charge in [-0.1, -0.05) is 13.8 Å². The molecule has 0 aliphatic heterocycles. The van der Waals surface area contributed by atoms with Gasteiger partial charge in [0.1, 0.15) is 5.82 Å². The summed E-state index contributed by atoms with van der Waals surface area (Å²) in [5.41, 5.74) is 1.54. The smallest absolute Gasteiger partial charge is 0.170 e. The summed E-state index contributed by atoms with van der Waals surface area (Å²) in [7, 11) is 0. The van der Waals surface area contributed by atoms with Crippen LogP contribution in [0.5, 0.6) is 0 Å². The Bertz CT molecular complexity index is 581. The van der Waals surface area contributed by atoms with Crippen LogP contribution in [-0.4, -0.2) is 26.2 Å². The molecule has 19 heavy (non-hydrogen) atoms. The van der Waals surface area contributed by atoms with Crippen LogP contribution >= 0.6 is 15.9 Å². The average molecular weight is 328 g/mol. The van der Waals surface area contributed by atoms with E-state index in [9.17, 15) is 4.39 Å². The van der Waals surface area contributed by atoms with Crippen LogP contribution < -0.4 is 5.32 Å². The second-order valence-corrected chi connectivity index (χ2v) is 5.45. The molecule has 102 valence electrons. The Morgan fingerprint density at radius 2 is 2.16 bits per heavy atom. The van der Waals surface area contributed by atoms with Gasteiger partial charge in [-0.25, -0.2) is 4.39 Å². The Morgan fingerprint density at radius 1 is 1.42 bits per heavy atom. The molecule has 1 N–H and O–H groups in total. The van der Waals surface area contributed by atoms with Crippen LogP contribution in [-0.2, 0) is 6.54 Å². The molecule has 0 saturated carbocycles. The number of rotatable bonds is 4. The number of hydrogen-bond donors (Lipinski definition) is 1. The number of aromatic nitrogens is 4. The van der Waals surface area contributed by atoms with E-state index in [0.717, 1.165) is 5.56 Å². The minimum atomic E-state index is -0.334. The van der Waals surface area contributed by atoms with E-state index in [1.54, 1.807) is 10.7 Å². The topological polar surface area (TPSA) is 55.6 Å². The van der Waals surface area contributed by atoms with Gasteiger partial charge in [-0.3, -0.25) is 0 Å². The zero-order chi connectivity index (χ0) is 14.0. The molecule has 0 unspecified atom stereocenters. The Hall–Kier alpha value is -1.34. The first kappa shape index (κ1) is 14.1. The van der Waals surface area contributed by atoms with Crippen molar-refractivity contribution in [3.05, 3.63) is 33.8 Å². The molecule has 0 spiro atoms. The van der Waals surface area contributed by atoms with E-state index >= 15 is 0 Å². The maximum atomic E-state index is 13.7. The lowest BCUT2D eigenvalue weighted by molar-refractivity contribution is 0.561. The first-order valence-corrected chi connectivity index (χ1v) is 6.75. The molecule has 1 heterocycles. The highest BCUT2D eigenvalue weighted by Crippen LogP contribution is 2.23. The summed E-state index contributed by atoms with van der Waals surface area (Å²) in [6, 6.07) is 3.47. The van der Waals surface area contributed by atoms with Crippen molar-refractivity contribution in [3.8, 4) is 5.69 Å². The van der Waals surface area contributed by atoms with Gasteiger partial charge in [-0.05, 0) is 44.9 Å². The number of nitrogens with zero attached hydrogens (tertiary/aromatic N) is 4. The molecule has 0 atom stereocenters. The van der Waals surface area contributed by atoms with Crippen molar-refractivity contribution in [1.29, 1.82) is 0 Å². The molecule has 1 aromatic heterocycles. The molecule has 0 aliphatic rings. The number of aryl methyl sites for hydroxylation is 1. The second-order valence-electron chi connectivity index (χ2n) is 4.60. The van der Waals surface area contributed by atoms with Crippen molar-refractivity contribution in [1.82, 2.24) is 25.5 Å². The largest absolute Gasteiger partial charge is 0.308 e. The lowest BCUT2D eigenvalue weighted by Gasteiger charge is -2.10. The number of halogens is 2. The number of tetrazole rings is 1. The summed E-state index contributed by atoms with van der Waals surface area (Å²) in [6.45, 7) is 6.50. The van der Waals surface area contributed by atoms with Crippen molar-refractivity contribution < 1.29 is 4.39 Å². The number of hydrogen-bond acceptors (Lipinski definition) is 4. The first-order valence-electron chi connectivity index (χ1n) is 5.95. The predicted octanol–water partition coefficient (Wildman–Crippen LogP) is 2.37. The monoisotopic (exact) mass is 327 g/mol. The summed E-state index contributed by atoms with van der Waals surface area (Å²) in [6.07, 6.45) is 0. The molecule has 1 aromatic carbocycles. The molecule has 0 radical (unpaired) electrons. The highest BCUT2D eigenvalue weighted by atomic mass is 79.9. The van der Waals surface area contributed by atoms with E-state index in [0.29, 0.717) is 28.6 Å². The Morgan fingerprint density at radius 3 is 2.84 bits per heavy atom. The van der Waals surface area contributed by atoms with Gasteiger partial charge in [0.2, 0.25) is 0 Å². The van der Waals surface area contributed by atoms with Gasteiger partial charge in [0.05, 0.1) is 16.7 Å².